The molecule has 124 valence electrons. The molecule has 5 nitrogen and oxygen atoms in total. The number of nitrogens with zero attached hydrogens (tertiary/aromatic N) is 3. The number of unbranched alkanes of at least 4 members (excludes halogenated alkanes) is 1. The van der Waals surface area contributed by atoms with E-state index in [1.165, 1.54) is 32.2 Å². The molecule has 2 heterocycles. The molecule has 1 N–H and O–H groups in total. The predicted octanol–water partition coefficient (Wildman–Crippen LogP) is 1.77. The van der Waals surface area contributed by atoms with E-state index in [9.17, 15) is 0 Å². The van der Waals surface area contributed by atoms with Gasteiger partial charge in [0.25, 0.3) is 0 Å². The van der Waals surface area contributed by atoms with Gasteiger partial charge in [0.15, 0.2) is 5.96 Å². The summed E-state index contributed by atoms with van der Waals surface area (Å²) < 4.78 is 5.97. The summed E-state index contributed by atoms with van der Waals surface area (Å²) in [5, 5.41) is 3.45. The fraction of sp³-hybridized carbons (Fsp3) is 0.933. The molecule has 2 fully saturated rings. The number of aliphatic imine (C=N–C) groups is 1. The Hall–Kier alpha value is -0.0800. The minimum absolute atomic E-state index is 0. The van der Waals surface area contributed by atoms with Gasteiger partial charge in [0.05, 0.1) is 12.7 Å². The average Bonchev–Trinajstić information content (AvgIpc) is 2.93. The van der Waals surface area contributed by atoms with Crippen LogP contribution >= 0.6 is 24.0 Å². The number of guanidine groups is 1. The molecule has 0 bridgehead atoms. The number of hydrogen-bond donors (Lipinski definition) is 1. The van der Waals surface area contributed by atoms with Crippen molar-refractivity contribution < 1.29 is 4.74 Å². The number of morpholine rings is 1. The zero-order valence-electron chi connectivity index (χ0n) is 13.7. The van der Waals surface area contributed by atoms with Gasteiger partial charge in [-0.15, -0.1) is 24.0 Å². The van der Waals surface area contributed by atoms with Crippen LogP contribution in [0.15, 0.2) is 4.99 Å². The lowest BCUT2D eigenvalue weighted by Crippen LogP contribution is -2.51. The topological polar surface area (TPSA) is 40.1 Å². The van der Waals surface area contributed by atoms with Crippen LogP contribution in [-0.2, 0) is 4.74 Å². The lowest BCUT2D eigenvalue weighted by molar-refractivity contribution is -0.0454. The molecule has 0 aromatic heterocycles. The Kier molecular flexibility index (Phi) is 8.89. The molecule has 0 saturated carbocycles. The number of hydrogen-bond acceptors (Lipinski definition) is 3. The number of ether oxygens (including phenoxy) is 1. The fourth-order valence-electron chi connectivity index (χ4n) is 3.10. The Bertz CT molecular complexity index is 327. The van der Waals surface area contributed by atoms with Crippen LogP contribution in [0, 0.1) is 0 Å². The summed E-state index contributed by atoms with van der Waals surface area (Å²) in [5.74, 6) is 0.977. The van der Waals surface area contributed by atoms with Gasteiger partial charge in [-0.05, 0) is 25.8 Å². The van der Waals surface area contributed by atoms with Crippen LogP contribution in [0.2, 0.25) is 0 Å². The first-order valence-corrected chi connectivity index (χ1v) is 8.02. The lowest BCUT2D eigenvalue weighted by atomic mass is 10.2. The monoisotopic (exact) mass is 410 g/mol. The highest BCUT2D eigenvalue weighted by Crippen LogP contribution is 2.22. The lowest BCUT2D eigenvalue weighted by Gasteiger charge is -2.35. The van der Waals surface area contributed by atoms with Crippen LogP contribution in [0.5, 0.6) is 0 Å². The second kappa shape index (κ2) is 9.84. The Morgan fingerprint density at radius 3 is 3.00 bits per heavy atom. The van der Waals surface area contributed by atoms with Gasteiger partial charge in [-0.3, -0.25) is 9.89 Å². The van der Waals surface area contributed by atoms with E-state index in [2.05, 4.69) is 34.1 Å². The Labute approximate surface area is 146 Å². The van der Waals surface area contributed by atoms with E-state index in [1.807, 2.05) is 7.05 Å². The average molecular weight is 410 g/mol. The zero-order chi connectivity index (χ0) is 14.4. The largest absolute Gasteiger partial charge is 0.373 e. The molecule has 0 radical (unpaired) electrons. The van der Waals surface area contributed by atoms with Crippen molar-refractivity contribution in [2.24, 2.45) is 4.99 Å². The molecule has 21 heavy (non-hydrogen) atoms. The molecule has 0 aliphatic carbocycles. The number of nitrogens with one attached hydrogen (secondary N) is 1. The van der Waals surface area contributed by atoms with E-state index in [-0.39, 0.29) is 24.0 Å². The van der Waals surface area contributed by atoms with E-state index in [0.717, 1.165) is 32.2 Å². The van der Waals surface area contributed by atoms with Crippen molar-refractivity contribution in [3.8, 4) is 0 Å². The van der Waals surface area contributed by atoms with Crippen molar-refractivity contribution in [2.75, 3.05) is 46.9 Å². The van der Waals surface area contributed by atoms with Crippen LogP contribution in [0.3, 0.4) is 0 Å². The summed E-state index contributed by atoms with van der Waals surface area (Å²) in [7, 11) is 3.95. The summed E-state index contributed by atoms with van der Waals surface area (Å²) in [6.07, 6.45) is 5.34. The van der Waals surface area contributed by atoms with Crippen LogP contribution in [0.1, 0.15) is 32.6 Å². The van der Waals surface area contributed by atoms with Crippen molar-refractivity contribution in [1.29, 1.82) is 0 Å². The maximum atomic E-state index is 5.97. The molecular weight excluding hydrogens is 379 g/mol. The van der Waals surface area contributed by atoms with Crippen LogP contribution in [0.25, 0.3) is 0 Å². The highest BCUT2D eigenvalue weighted by molar-refractivity contribution is 14.0. The number of halogens is 1. The maximum Gasteiger partial charge on any atom is 0.193 e. The highest BCUT2D eigenvalue weighted by atomic mass is 127. The molecule has 2 aliphatic rings. The molecule has 0 aromatic rings. The van der Waals surface area contributed by atoms with E-state index < -0.39 is 0 Å². The quantitative estimate of drug-likeness (QED) is 0.426. The Morgan fingerprint density at radius 1 is 1.48 bits per heavy atom. The SMILES string of the molecule is CCCCN(C)C(=NC)NCC1CN2CCCC2CO1.I. The molecule has 2 atom stereocenters. The highest BCUT2D eigenvalue weighted by Gasteiger charge is 2.32. The normalized spacial score (nSPS) is 26.1. The van der Waals surface area contributed by atoms with Crippen molar-refractivity contribution in [3.63, 3.8) is 0 Å². The predicted molar refractivity (Wildman–Crippen MR) is 98.6 cm³/mol. The van der Waals surface area contributed by atoms with Gasteiger partial charge in [0.2, 0.25) is 0 Å². The van der Waals surface area contributed by atoms with Crippen LogP contribution in [-0.4, -0.2) is 74.8 Å². The van der Waals surface area contributed by atoms with Crippen molar-refractivity contribution in [1.82, 2.24) is 15.1 Å². The molecule has 2 rings (SSSR count). The number of rotatable bonds is 5. The van der Waals surface area contributed by atoms with Gasteiger partial charge < -0.3 is 15.0 Å². The second-order valence-corrected chi connectivity index (χ2v) is 5.95. The smallest absolute Gasteiger partial charge is 0.193 e. The van der Waals surface area contributed by atoms with Crippen molar-refractivity contribution in [2.45, 2.75) is 44.8 Å². The van der Waals surface area contributed by atoms with E-state index >= 15 is 0 Å². The second-order valence-electron chi connectivity index (χ2n) is 5.95. The molecule has 2 saturated heterocycles. The molecule has 2 unspecified atom stereocenters. The van der Waals surface area contributed by atoms with Crippen molar-refractivity contribution >= 4 is 29.9 Å². The summed E-state index contributed by atoms with van der Waals surface area (Å²) in [5.41, 5.74) is 0. The van der Waals surface area contributed by atoms with Gasteiger partial charge >= 0.3 is 0 Å². The van der Waals surface area contributed by atoms with Gasteiger partial charge in [0.1, 0.15) is 0 Å². The van der Waals surface area contributed by atoms with Gasteiger partial charge in [0, 0.05) is 39.8 Å². The van der Waals surface area contributed by atoms with E-state index in [4.69, 9.17) is 4.74 Å². The summed E-state index contributed by atoms with van der Waals surface area (Å²) in [4.78, 5) is 9.14. The molecule has 0 aromatic carbocycles. The summed E-state index contributed by atoms with van der Waals surface area (Å²) >= 11 is 0. The van der Waals surface area contributed by atoms with Crippen molar-refractivity contribution in [3.05, 3.63) is 0 Å². The van der Waals surface area contributed by atoms with Gasteiger partial charge in [-0.25, -0.2) is 0 Å². The fourth-order valence-corrected chi connectivity index (χ4v) is 3.10. The molecule has 2 aliphatic heterocycles. The van der Waals surface area contributed by atoms with E-state index in [0.29, 0.717) is 12.1 Å². The molecular formula is C15H31IN4O. The number of fused-ring (bicyclic) bond motifs is 1. The third kappa shape index (κ3) is 5.56. The minimum atomic E-state index is 0. The summed E-state index contributed by atoms with van der Waals surface area (Å²) in [6, 6.07) is 0.679. The standard InChI is InChI=1S/C15H30N4O.HI/c1-4-5-8-18(3)15(16-2)17-10-14-11-19-9-6-7-13(19)12-20-14;/h13-14H,4-12H2,1-3H3,(H,16,17);1H. The van der Waals surface area contributed by atoms with E-state index in [1.54, 1.807) is 0 Å². The first-order chi connectivity index (χ1) is 9.74. The Morgan fingerprint density at radius 2 is 2.29 bits per heavy atom. The summed E-state index contributed by atoms with van der Waals surface area (Å²) in [6.45, 7) is 7.33. The molecule has 6 heteroatoms. The minimum Gasteiger partial charge on any atom is -0.373 e. The first kappa shape index (κ1) is 19.0. The molecule has 0 spiro atoms. The first-order valence-electron chi connectivity index (χ1n) is 8.02. The van der Waals surface area contributed by atoms with Gasteiger partial charge in [-0.1, -0.05) is 13.3 Å². The van der Waals surface area contributed by atoms with Gasteiger partial charge in [-0.2, -0.15) is 0 Å². The molecule has 0 amide bonds. The Balaban J connectivity index is 0.00000220. The van der Waals surface area contributed by atoms with Crippen LogP contribution < -0.4 is 5.32 Å². The third-order valence-corrected chi connectivity index (χ3v) is 4.37. The van der Waals surface area contributed by atoms with Crippen LogP contribution in [0.4, 0.5) is 0 Å². The zero-order valence-corrected chi connectivity index (χ0v) is 16.0. The maximum absolute atomic E-state index is 5.97. The third-order valence-electron chi connectivity index (χ3n) is 4.37.